The summed E-state index contributed by atoms with van der Waals surface area (Å²) in [5.41, 5.74) is 8.22. The smallest absolute Gasteiger partial charge is 0.417 e. The fourth-order valence-electron chi connectivity index (χ4n) is 5.75. The van der Waals surface area contributed by atoms with Gasteiger partial charge in [-0.2, -0.15) is 0 Å². The Kier molecular flexibility index (Phi) is 16.2. The molecule has 0 saturated heterocycles. The normalized spacial score (nSPS) is 13.2. The summed E-state index contributed by atoms with van der Waals surface area (Å²) in [6, 6.07) is 9.69. The Morgan fingerprint density at radius 3 is 1.46 bits per heavy atom. The van der Waals surface area contributed by atoms with E-state index in [4.69, 9.17) is 13.6 Å². The summed E-state index contributed by atoms with van der Waals surface area (Å²) in [5, 5.41) is 0. The highest BCUT2D eigenvalue weighted by Gasteiger charge is 2.28. The highest BCUT2D eigenvalue weighted by molar-refractivity contribution is 7.42. The summed E-state index contributed by atoms with van der Waals surface area (Å²) in [7, 11) is -1.52. The van der Waals surface area contributed by atoms with E-state index in [0.717, 1.165) is 50.0 Å². The average molecular weight is 583 g/mol. The largest absolute Gasteiger partial charge is 0.463 e. The standard InChI is InChI=1S/C37H59O3P/c1-6-11-16-17-18-19-24-38-41-39-36-32(22-14-9-4)25-30(20-12-7-2)27-34(36)29-35-28-31(21-13-8-3)26-33(23-15-10-5)37(35)40-41/h25-28H,6-24,29H2,1-5H3. The molecule has 0 unspecified atom stereocenters. The Balaban J connectivity index is 2.00. The lowest BCUT2D eigenvalue weighted by molar-refractivity contribution is 0.255. The van der Waals surface area contributed by atoms with Gasteiger partial charge in [-0.1, -0.05) is 117 Å². The van der Waals surface area contributed by atoms with Crippen LogP contribution in [-0.4, -0.2) is 6.61 Å². The van der Waals surface area contributed by atoms with E-state index in [-0.39, 0.29) is 0 Å². The SMILES string of the molecule is CCCCCCCCOP1Oc2c(CCCC)cc(CCCC)cc2Cc2cc(CCCC)cc(CCCC)c2O1. The number of benzene rings is 2. The molecular weight excluding hydrogens is 523 g/mol. The quantitative estimate of drug-likeness (QED) is 0.115. The minimum absolute atomic E-state index is 0.695. The molecule has 0 atom stereocenters. The molecule has 1 aliphatic heterocycles. The molecule has 4 heteroatoms. The minimum Gasteiger partial charge on any atom is -0.417 e. The van der Waals surface area contributed by atoms with Crippen LogP contribution in [0.4, 0.5) is 0 Å². The van der Waals surface area contributed by atoms with Gasteiger partial charge in [0, 0.05) is 6.42 Å². The second-order valence-corrected chi connectivity index (χ2v) is 13.2. The second kappa shape index (κ2) is 19.6. The predicted octanol–water partition coefficient (Wildman–Crippen LogP) is 12.0. The third-order valence-electron chi connectivity index (χ3n) is 8.25. The highest BCUT2D eigenvalue weighted by atomic mass is 31.2. The van der Waals surface area contributed by atoms with Crippen LogP contribution < -0.4 is 9.05 Å². The molecule has 41 heavy (non-hydrogen) atoms. The number of aryl methyl sites for hydroxylation is 4. The summed E-state index contributed by atoms with van der Waals surface area (Å²) in [5.74, 6) is 2.07. The van der Waals surface area contributed by atoms with Gasteiger partial charge in [0.05, 0.1) is 6.61 Å². The van der Waals surface area contributed by atoms with Crippen molar-refractivity contribution in [2.75, 3.05) is 6.61 Å². The Labute approximate surface area is 254 Å². The van der Waals surface area contributed by atoms with Gasteiger partial charge in [0.2, 0.25) is 0 Å². The van der Waals surface area contributed by atoms with Crippen LogP contribution in [0.15, 0.2) is 24.3 Å². The zero-order valence-corrected chi connectivity index (χ0v) is 28.0. The zero-order valence-electron chi connectivity index (χ0n) is 27.1. The summed E-state index contributed by atoms with van der Waals surface area (Å²) in [4.78, 5) is 0. The first kappa shape index (κ1) is 33.9. The maximum atomic E-state index is 6.80. The highest BCUT2D eigenvalue weighted by Crippen LogP contribution is 2.50. The number of hydrogen-bond acceptors (Lipinski definition) is 3. The van der Waals surface area contributed by atoms with Gasteiger partial charge < -0.3 is 9.05 Å². The van der Waals surface area contributed by atoms with E-state index in [0.29, 0.717) is 6.61 Å². The molecule has 3 rings (SSSR count). The molecule has 0 aromatic heterocycles. The molecule has 0 fully saturated rings. The fraction of sp³-hybridized carbons (Fsp3) is 0.676. The van der Waals surface area contributed by atoms with Gasteiger partial charge in [-0.15, -0.1) is 0 Å². The van der Waals surface area contributed by atoms with Crippen LogP contribution in [0.5, 0.6) is 11.5 Å². The van der Waals surface area contributed by atoms with Gasteiger partial charge in [-0.05, 0) is 91.2 Å². The topological polar surface area (TPSA) is 27.7 Å². The van der Waals surface area contributed by atoms with Crippen LogP contribution in [0.3, 0.4) is 0 Å². The first-order valence-electron chi connectivity index (χ1n) is 17.2. The van der Waals surface area contributed by atoms with Gasteiger partial charge in [-0.25, -0.2) is 0 Å². The molecule has 0 amide bonds. The van der Waals surface area contributed by atoms with E-state index in [1.165, 1.54) is 117 Å². The van der Waals surface area contributed by atoms with Gasteiger partial charge in [-0.3, -0.25) is 4.52 Å². The molecule has 3 nitrogen and oxygen atoms in total. The van der Waals surface area contributed by atoms with E-state index in [1.807, 2.05) is 0 Å². The van der Waals surface area contributed by atoms with Crippen molar-refractivity contribution in [3.63, 3.8) is 0 Å². The number of rotatable bonds is 20. The summed E-state index contributed by atoms with van der Waals surface area (Å²) >= 11 is 0. The molecule has 0 aliphatic carbocycles. The first-order chi connectivity index (χ1) is 20.1. The minimum atomic E-state index is -1.52. The first-order valence-corrected chi connectivity index (χ1v) is 18.3. The maximum Gasteiger partial charge on any atom is 0.463 e. The van der Waals surface area contributed by atoms with Crippen LogP contribution in [-0.2, 0) is 36.6 Å². The predicted molar refractivity (Wildman–Crippen MR) is 178 cm³/mol. The molecule has 0 bridgehead atoms. The zero-order chi connectivity index (χ0) is 29.3. The molecule has 0 spiro atoms. The molecule has 2 aromatic carbocycles. The molecule has 2 aromatic rings. The Bertz CT molecular complexity index is 946. The second-order valence-electron chi connectivity index (χ2n) is 12.1. The summed E-state index contributed by atoms with van der Waals surface area (Å²) in [6.45, 7) is 12.1. The van der Waals surface area contributed by atoms with Gasteiger partial charge >= 0.3 is 8.60 Å². The van der Waals surface area contributed by atoms with Crippen LogP contribution in [0.1, 0.15) is 158 Å². The van der Waals surface area contributed by atoms with E-state index in [1.54, 1.807) is 0 Å². The number of unbranched alkanes of at least 4 members (excludes halogenated alkanes) is 9. The van der Waals surface area contributed by atoms with E-state index in [9.17, 15) is 0 Å². The van der Waals surface area contributed by atoms with Crippen LogP contribution in [0.25, 0.3) is 0 Å². The molecule has 1 aliphatic rings. The Morgan fingerprint density at radius 1 is 0.537 bits per heavy atom. The lowest BCUT2D eigenvalue weighted by Gasteiger charge is -2.28. The van der Waals surface area contributed by atoms with Crippen molar-refractivity contribution in [3.05, 3.63) is 57.6 Å². The van der Waals surface area contributed by atoms with Gasteiger partial charge in [0.15, 0.2) is 0 Å². The molecule has 0 radical (unpaired) electrons. The van der Waals surface area contributed by atoms with Crippen LogP contribution in [0.2, 0.25) is 0 Å². The third kappa shape index (κ3) is 11.2. The average Bonchev–Trinajstić information content (AvgIpc) is 2.97. The van der Waals surface area contributed by atoms with Crippen molar-refractivity contribution < 1.29 is 13.6 Å². The Hall–Kier alpha value is -1.57. The number of fused-ring (bicyclic) bond motifs is 2. The molecule has 1 heterocycles. The van der Waals surface area contributed by atoms with Crippen molar-refractivity contribution in [2.24, 2.45) is 0 Å². The van der Waals surface area contributed by atoms with Crippen molar-refractivity contribution in [2.45, 2.75) is 157 Å². The molecule has 0 N–H and O–H groups in total. The fourth-order valence-corrected chi connectivity index (χ4v) is 6.94. The van der Waals surface area contributed by atoms with Gasteiger partial charge in [0.1, 0.15) is 11.5 Å². The number of hydrogen-bond donors (Lipinski definition) is 0. The lowest BCUT2D eigenvalue weighted by Crippen LogP contribution is -2.12. The molecule has 0 saturated carbocycles. The van der Waals surface area contributed by atoms with E-state index < -0.39 is 8.60 Å². The third-order valence-corrected chi connectivity index (χ3v) is 9.31. The summed E-state index contributed by atoms with van der Waals surface area (Å²) in [6.07, 6.45) is 22.3. The summed E-state index contributed by atoms with van der Waals surface area (Å²) < 4.78 is 20.1. The molecular formula is C37H59O3P. The van der Waals surface area contributed by atoms with Crippen molar-refractivity contribution in [1.82, 2.24) is 0 Å². The van der Waals surface area contributed by atoms with Gasteiger partial charge in [0.25, 0.3) is 0 Å². The monoisotopic (exact) mass is 582 g/mol. The maximum absolute atomic E-state index is 6.80. The van der Waals surface area contributed by atoms with E-state index >= 15 is 0 Å². The van der Waals surface area contributed by atoms with E-state index in [2.05, 4.69) is 58.9 Å². The molecule has 230 valence electrons. The van der Waals surface area contributed by atoms with Crippen LogP contribution >= 0.6 is 8.60 Å². The van der Waals surface area contributed by atoms with Crippen molar-refractivity contribution in [1.29, 1.82) is 0 Å². The van der Waals surface area contributed by atoms with Crippen molar-refractivity contribution >= 4 is 8.60 Å². The Morgan fingerprint density at radius 2 is 0.976 bits per heavy atom. The van der Waals surface area contributed by atoms with Crippen molar-refractivity contribution in [3.8, 4) is 11.5 Å². The lowest BCUT2D eigenvalue weighted by atomic mass is 9.91. The van der Waals surface area contributed by atoms with Crippen LogP contribution in [0, 0.1) is 0 Å².